The lowest BCUT2D eigenvalue weighted by atomic mass is 10.1. The first-order chi connectivity index (χ1) is 10.3. The van der Waals surface area contributed by atoms with E-state index in [1.54, 1.807) is 7.11 Å². The summed E-state index contributed by atoms with van der Waals surface area (Å²) in [5, 5.41) is 9.24. The minimum atomic E-state index is 0.163. The predicted molar refractivity (Wildman–Crippen MR) is 88.7 cm³/mol. The molecule has 0 aliphatic carbocycles. The van der Waals surface area contributed by atoms with E-state index >= 15 is 0 Å². The molecule has 0 fully saturated rings. The normalized spacial score (nSPS) is 12.5. The smallest absolute Gasteiger partial charge is 0.133 e. The molecule has 1 unspecified atom stereocenters. The Morgan fingerprint density at radius 3 is 2.71 bits per heavy atom. The SMILES string of the molecule is CCCNCc1cnc(NCC(C)OC)c2ccccc12. The molecule has 2 rings (SSSR count). The Morgan fingerprint density at radius 2 is 2.00 bits per heavy atom. The Bertz CT molecular complexity index is 571. The summed E-state index contributed by atoms with van der Waals surface area (Å²) < 4.78 is 5.27. The first-order valence-corrected chi connectivity index (χ1v) is 7.60. The van der Waals surface area contributed by atoms with Gasteiger partial charge in [0, 0.05) is 31.8 Å². The average Bonchev–Trinajstić information content (AvgIpc) is 2.53. The third-order valence-corrected chi connectivity index (χ3v) is 3.58. The molecule has 4 heteroatoms. The summed E-state index contributed by atoms with van der Waals surface area (Å²) in [5.74, 6) is 0.925. The number of pyridine rings is 1. The molecule has 0 saturated carbocycles. The zero-order valence-electron chi connectivity index (χ0n) is 13.1. The van der Waals surface area contributed by atoms with Crippen LogP contribution in [-0.2, 0) is 11.3 Å². The molecule has 1 atom stereocenters. The number of methoxy groups -OCH3 is 1. The number of anilines is 1. The third kappa shape index (κ3) is 4.16. The fourth-order valence-corrected chi connectivity index (χ4v) is 2.26. The molecule has 2 N–H and O–H groups in total. The summed E-state index contributed by atoms with van der Waals surface area (Å²) in [4.78, 5) is 4.59. The van der Waals surface area contributed by atoms with Crippen LogP contribution in [-0.4, -0.2) is 31.3 Å². The van der Waals surface area contributed by atoms with Gasteiger partial charge < -0.3 is 15.4 Å². The average molecular weight is 287 g/mol. The number of hydrogen-bond donors (Lipinski definition) is 2. The number of ether oxygens (including phenoxy) is 1. The summed E-state index contributed by atoms with van der Waals surface area (Å²) in [6.45, 7) is 6.85. The highest BCUT2D eigenvalue weighted by Gasteiger charge is 2.08. The van der Waals surface area contributed by atoms with Crippen LogP contribution in [0.1, 0.15) is 25.8 Å². The van der Waals surface area contributed by atoms with Crippen molar-refractivity contribution in [2.75, 3.05) is 25.5 Å². The molecule has 21 heavy (non-hydrogen) atoms. The molecule has 0 spiro atoms. The number of aromatic nitrogens is 1. The molecule has 0 amide bonds. The zero-order valence-corrected chi connectivity index (χ0v) is 13.1. The Labute approximate surface area is 126 Å². The van der Waals surface area contributed by atoms with Crippen molar-refractivity contribution < 1.29 is 4.74 Å². The molecular weight excluding hydrogens is 262 g/mol. The number of nitrogens with one attached hydrogen (secondary N) is 2. The van der Waals surface area contributed by atoms with E-state index in [9.17, 15) is 0 Å². The summed E-state index contributed by atoms with van der Waals surface area (Å²) >= 11 is 0. The lowest BCUT2D eigenvalue weighted by Gasteiger charge is -2.15. The first kappa shape index (κ1) is 15.7. The van der Waals surface area contributed by atoms with Crippen LogP contribution in [0.2, 0.25) is 0 Å². The molecular formula is C17H25N3O. The van der Waals surface area contributed by atoms with Gasteiger partial charge >= 0.3 is 0 Å². The van der Waals surface area contributed by atoms with Crippen LogP contribution in [0.15, 0.2) is 30.5 Å². The van der Waals surface area contributed by atoms with Gasteiger partial charge in [-0.2, -0.15) is 0 Å². The van der Waals surface area contributed by atoms with Crippen molar-refractivity contribution in [3.8, 4) is 0 Å². The van der Waals surface area contributed by atoms with Crippen molar-refractivity contribution in [3.05, 3.63) is 36.0 Å². The van der Waals surface area contributed by atoms with Crippen LogP contribution in [0.4, 0.5) is 5.82 Å². The van der Waals surface area contributed by atoms with Crippen LogP contribution in [0.25, 0.3) is 10.8 Å². The highest BCUT2D eigenvalue weighted by Crippen LogP contribution is 2.24. The highest BCUT2D eigenvalue weighted by atomic mass is 16.5. The van der Waals surface area contributed by atoms with E-state index in [1.807, 2.05) is 13.1 Å². The Balaban J connectivity index is 2.22. The summed E-state index contributed by atoms with van der Waals surface area (Å²) in [6, 6.07) is 8.40. The Hall–Kier alpha value is -1.65. The van der Waals surface area contributed by atoms with Crippen LogP contribution >= 0.6 is 0 Å². The molecule has 114 valence electrons. The van der Waals surface area contributed by atoms with Gasteiger partial charge in [0.25, 0.3) is 0 Å². The zero-order chi connectivity index (χ0) is 15.1. The molecule has 1 heterocycles. The Morgan fingerprint density at radius 1 is 1.24 bits per heavy atom. The topological polar surface area (TPSA) is 46.2 Å². The molecule has 1 aromatic carbocycles. The van der Waals surface area contributed by atoms with Crippen molar-refractivity contribution in [2.45, 2.75) is 32.9 Å². The van der Waals surface area contributed by atoms with Crippen molar-refractivity contribution >= 4 is 16.6 Å². The molecule has 0 aliphatic rings. The van der Waals surface area contributed by atoms with Gasteiger partial charge in [0.1, 0.15) is 5.82 Å². The molecule has 1 aromatic heterocycles. The van der Waals surface area contributed by atoms with E-state index in [0.717, 1.165) is 37.3 Å². The van der Waals surface area contributed by atoms with E-state index in [2.05, 4.69) is 46.8 Å². The van der Waals surface area contributed by atoms with Gasteiger partial charge in [-0.15, -0.1) is 0 Å². The van der Waals surface area contributed by atoms with Crippen molar-refractivity contribution in [3.63, 3.8) is 0 Å². The maximum Gasteiger partial charge on any atom is 0.133 e. The van der Waals surface area contributed by atoms with Crippen LogP contribution in [0, 0.1) is 0 Å². The maximum absolute atomic E-state index is 5.27. The number of hydrogen-bond acceptors (Lipinski definition) is 4. The minimum Gasteiger partial charge on any atom is -0.380 e. The number of fused-ring (bicyclic) bond motifs is 1. The predicted octanol–water partition coefficient (Wildman–Crippen LogP) is 3.18. The lowest BCUT2D eigenvalue weighted by molar-refractivity contribution is 0.128. The lowest BCUT2D eigenvalue weighted by Crippen LogP contribution is -2.19. The van der Waals surface area contributed by atoms with Gasteiger partial charge in [-0.3, -0.25) is 0 Å². The number of rotatable bonds is 8. The molecule has 0 bridgehead atoms. The van der Waals surface area contributed by atoms with Crippen LogP contribution in [0.5, 0.6) is 0 Å². The Kier molecular flexibility index (Phi) is 5.96. The maximum atomic E-state index is 5.27. The van der Waals surface area contributed by atoms with Gasteiger partial charge in [-0.05, 0) is 30.8 Å². The fraction of sp³-hybridized carbons (Fsp3) is 0.471. The van der Waals surface area contributed by atoms with Gasteiger partial charge in [-0.25, -0.2) is 4.98 Å². The molecule has 0 saturated heterocycles. The second kappa shape index (κ2) is 7.96. The summed E-state index contributed by atoms with van der Waals surface area (Å²) in [5.41, 5.74) is 1.24. The second-order valence-corrected chi connectivity index (χ2v) is 5.28. The third-order valence-electron chi connectivity index (χ3n) is 3.58. The van der Waals surface area contributed by atoms with Gasteiger partial charge in [0.05, 0.1) is 6.10 Å². The fourth-order valence-electron chi connectivity index (χ4n) is 2.26. The second-order valence-electron chi connectivity index (χ2n) is 5.28. The summed E-state index contributed by atoms with van der Waals surface area (Å²) in [6.07, 6.45) is 3.27. The van der Waals surface area contributed by atoms with Crippen molar-refractivity contribution in [2.24, 2.45) is 0 Å². The van der Waals surface area contributed by atoms with Crippen LogP contribution < -0.4 is 10.6 Å². The minimum absolute atomic E-state index is 0.163. The molecule has 0 radical (unpaired) electrons. The van der Waals surface area contributed by atoms with Crippen molar-refractivity contribution in [1.29, 1.82) is 0 Å². The van der Waals surface area contributed by atoms with E-state index < -0.39 is 0 Å². The largest absolute Gasteiger partial charge is 0.380 e. The van der Waals surface area contributed by atoms with E-state index in [-0.39, 0.29) is 6.10 Å². The highest BCUT2D eigenvalue weighted by molar-refractivity contribution is 5.94. The van der Waals surface area contributed by atoms with Crippen LogP contribution in [0.3, 0.4) is 0 Å². The first-order valence-electron chi connectivity index (χ1n) is 7.60. The van der Waals surface area contributed by atoms with E-state index in [0.29, 0.717) is 0 Å². The van der Waals surface area contributed by atoms with Crippen molar-refractivity contribution in [1.82, 2.24) is 10.3 Å². The number of nitrogens with zero attached hydrogens (tertiary/aromatic N) is 1. The molecule has 0 aliphatic heterocycles. The molecule has 4 nitrogen and oxygen atoms in total. The van der Waals surface area contributed by atoms with E-state index in [1.165, 1.54) is 10.9 Å². The standard InChI is InChI=1S/C17H25N3O/c1-4-9-18-11-14-12-20-17(19-10-13(2)21-3)16-8-6-5-7-15(14)16/h5-8,12-13,18H,4,9-11H2,1-3H3,(H,19,20). The van der Waals surface area contributed by atoms with E-state index in [4.69, 9.17) is 4.74 Å². The monoisotopic (exact) mass is 287 g/mol. The quantitative estimate of drug-likeness (QED) is 0.732. The van der Waals surface area contributed by atoms with Gasteiger partial charge in [0.2, 0.25) is 0 Å². The summed E-state index contributed by atoms with van der Waals surface area (Å²) in [7, 11) is 1.72. The van der Waals surface area contributed by atoms with Gasteiger partial charge in [0.15, 0.2) is 0 Å². The number of benzene rings is 1. The van der Waals surface area contributed by atoms with Gasteiger partial charge in [-0.1, -0.05) is 31.2 Å². The molecule has 2 aromatic rings.